The van der Waals surface area contributed by atoms with Crippen LogP contribution in [0.1, 0.15) is 43.0 Å². The van der Waals surface area contributed by atoms with E-state index in [2.05, 4.69) is 11.9 Å². The van der Waals surface area contributed by atoms with Gasteiger partial charge in [0.25, 0.3) is 0 Å². The van der Waals surface area contributed by atoms with Crippen LogP contribution in [0.4, 0.5) is 0 Å². The first-order valence-corrected chi connectivity index (χ1v) is 8.75. The summed E-state index contributed by atoms with van der Waals surface area (Å²) in [4.78, 5) is 16.7. The highest BCUT2D eigenvalue weighted by Crippen LogP contribution is 2.28. The number of aryl methyl sites for hydroxylation is 1. The zero-order valence-corrected chi connectivity index (χ0v) is 14.7. The molecule has 0 atom stereocenters. The number of unbranched alkanes of at least 4 members (excludes halogenated alkanes) is 2. The quantitative estimate of drug-likeness (QED) is 0.470. The second kappa shape index (κ2) is 7.97. The highest BCUT2D eigenvalue weighted by Gasteiger charge is 2.12. The van der Waals surface area contributed by atoms with Crippen LogP contribution in [0.3, 0.4) is 0 Å². The number of pyridine rings is 1. The van der Waals surface area contributed by atoms with Gasteiger partial charge < -0.3 is 9.15 Å². The van der Waals surface area contributed by atoms with E-state index in [4.69, 9.17) is 9.15 Å². The monoisotopic (exact) mass is 337 g/mol. The molecule has 0 spiro atoms. The maximum Gasteiger partial charge on any atom is 0.339 e. The van der Waals surface area contributed by atoms with Gasteiger partial charge in [-0.1, -0.05) is 25.8 Å². The van der Waals surface area contributed by atoms with Gasteiger partial charge in [-0.3, -0.25) is 4.98 Å². The van der Waals surface area contributed by atoms with E-state index in [1.54, 1.807) is 13.3 Å². The Bertz CT molecular complexity index is 900. The number of hydrogen-bond acceptors (Lipinski definition) is 4. The summed E-state index contributed by atoms with van der Waals surface area (Å²) in [6.45, 7) is 2.18. The molecule has 2 heterocycles. The summed E-state index contributed by atoms with van der Waals surface area (Å²) >= 11 is 0. The van der Waals surface area contributed by atoms with Gasteiger partial charge >= 0.3 is 5.63 Å². The minimum Gasteiger partial charge on any atom is -0.496 e. The Balaban J connectivity index is 1.98. The molecule has 0 bridgehead atoms. The van der Waals surface area contributed by atoms with Crippen LogP contribution in [0.25, 0.3) is 11.0 Å². The van der Waals surface area contributed by atoms with Crippen LogP contribution in [0.5, 0.6) is 5.75 Å². The number of rotatable bonds is 7. The van der Waals surface area contributed by atoms with Crippen molar-refractivity contribution in [2.45, 2.75) is 39.0 Å². The Morgan fingerprint density at radius 3 is 2.76 bits per heavy atom. The summed E-state index contributed by atoms with van der Waals surface area (Å²) in [5, 5.41) is 0.826. The van der Waals surface area contributed by atoms with Crippen molar-refractivity contribution in [2.24, 2.45) is 0 Å². The first kappa shape index (κ1) is 17.2. The first-order chi connectivity index (χ1) is 12.2. The molecule has 0 saturated heterocycles. The molecule has 1 aromatic carbocycles. The molecule has 0 amide bonds. The number of ether oxygens (including phenoxy) is 1. The van der Waals surface area contributed by atoms with Gasteiger partial charge in [-0.25, -0.2) is 4.79 Å². The van der Waals surface area contributed by atoms with Crippen molar-refractivity contribution in [2.75, 3.05) is 7.11 Å². The standard InChI is InChI=1S/C21H23NO3/c1-3-4-5-8-15-11-19(24-2)18-14-16(21(23)25-20(18)12-15)13-17-9-6-7-10-22-17/h6-7,9-12,14H,3-5,8,13H2,1-2H3. The normalized spacial score (nSPS) is 11.0. The summed E-state index contributed by atoms with van der Waals surface area (Å²) in [5.41, 5.74) is 2.83. The van der Waals surface area contributed by atoms with E-state index >= 15 is 0 Å². The highest BCUT2D eigenvalue weighted by molar-refractivity contribution is 5.84. The summed E-state index contributed by atoms with van der Waals surface area (Å²) in [6, 6.07) is 11.5. The number of aromatic nitrogens is 1. The molecule has 130 valence electrons. The summed E-state index contributed by atoms with van der Waals surface area (Å²) in [7, 11) is 1.65. The van der Waals surface area contributed by atoms with Crippen LogP contribution in [-0.2, 0) is 12.8 Å². The SMILES string of the molecule is CCCCCc1cc(OC)c2cc(Cc3ccccn3)c(=O)oc2c1. The van der Waals surface area contributed by atoms with Gasteiger partial charge in [-0.15, -0.1) is 0 Å². The first-order valence-electron chi connectivity index (χ1n) is 8.75. The van der Waals surface area contributed by atoms with Crippen molar-refractivity contribution in [1.29, 1.82) is 0 Å². The van der Waals surface area contributed by atoms with Gasteiger partial charge in [0, 0.05) is 23.9 Å². The number of nitrogens with zero attached hydrogens (tertiary/aromatic N) is 1. The smallest absolute Gasteiger partial charge is 0.339 e. The lowest BCUT2D eigenvalue weighted by molar-refractivity contribution is 0.418. The molecule has 0 unspecified atom stereocenters. The summed E-state index contributed by atoms with van der Waals surface area (Å²) < 4.78 is 11.1. The van der Waals surface area contributed by atoms with Gasteiger partial charge in [-0.2, -0.15) is 0 Å². The molecule has 0 aliphatic heterocycles. The molecule has 0 aliphatic carbocycles. The predicted octanol–water partition coefficient (Wildman–Crippen LogP) is 4.52. The fourth-order valence-corrected chi connectivity index (χ4v) is 2.99. The molecular weight excluding hydrogens is 314 g/mol. The average molecular weight is 337 g/mol. The second-order valence-electron chi connectivity index (χ2n) is 6.22. The number of benzene rings is 1. The Labute approximate surface area is 147 Å². The molecule has 0 N–H and O–H groups in total. The number of methoxy groups -OCH3 is 1. The van der Waals surface area contributed by atoms with Crippen LogP contribution in [0.15, 0.2) is 51.8 Å². The lowest BCUT2D eigenvalue weighted by atomic mass is 10.0. The molecule has 2 aromatic heterocycles. The van der Waals surface area contributed by atoms with Crippen molar-refractivity contribution < 1.29 is 9.15 Å². The summed E-state index contributed by atoms with van der Waals surface area (Å²) in [6.07, 6.45) is 6.61. The third-order valence-electron chi connectivity index (χ3n) is 4.33. The maximum absolute atomic E-state index is 12.4. The molecule has 4 heteroatoms. The van der Waals surface area contributed by atoms with Gasteiger partial charge in [0.15, 0.2) is 0 Å². The topological polar surface area (TPSA) is 52.3 Å². The Hall–Kier alpha value is -2.62. The fraction of sp³-hybridized carbons (Fsp3) is 0.333. The molecular formula is C21H23NO3. The molecule has 0 aliphatic rings. The third-order valence-corrected chi connectivity index (χ3v) is 4.33. The van der Waals surface area contributed by atoms with Crippen molar-refractivity contribution in [1.82, 2.24) is 4.98 Å². The minimum absolute atomic E-state index is 0.314. The van der Waals surface area contributed by atoms with Crippen molar-refractivity contribution in [3.05, 3.63) is 69.8 Å². The Kier molecular flexibility index (Phi) is 5.49. The Morgan fingerprint density at radius 1 is 1.16 bits per heavy atom. The maximum atomic E-state index is 12.4. The van der Waals surface area contributed by atoms with E-state index in [9.17, 15) is 4.79 Å². The summed E-state index contributed by atoms with van der Waals surface area (Å²) in [5.74, 6) is 0.745. The minimum atomic E-state index is -0.314. The molecule has 0 fully saturated rings. The molecule has 3 rings (SSSR count). The largest absolute Gasteiger partial charge is 0.496 e. The highest BCUT2D eigenvalue weighted by atomic mass is 16.5. The van der Waals surface area contributed by atoms with Crippen LogP contribution in [-0.4, -0.2) is 12.1 Å². The molecule has 0 saturated carbocycles. The van der Waals surface area contributed by atoms with Gasteiger partial charge in [0.1, 0.15) is 11.3 Å². The van der Waals surface area contributed by atoms with Crippen molar-refractivity contribution in [3.8, 4) is 5.75 Å². The lowest BCUT2D eigenvalue weighted by Gasteiger charge is -2.10. The van der Waals surface area contributed by atoms with Crippen molar-refractivity contribution in [3.63, 3.8) is 0 Å². The molecule has 3 aromatic rings. The van der Waals surface area contributed by atoms with Crippen molar-refractivity contribution >= 4 is 11.0 Å². The van der Waals surface area contributed by atoms with E-state index in [1.165, 1.54) is 12.8 Å². The van der Waals surface area contributed by atoms with Crippen LogP contribution >= 0.6 is 0 Å². The van der Waals surface area contributed by atoms with Crippen LogP contribution in [0.2, 0.25) is 0 Å². The molecule has 4 nitrogen and oxygen atoms in total. The van der Waals surface area contributed by atoms with Crippen LogP contribution in [0, 0.1) is 0 Å². The molecule has 25 heavy (non-hydrogen) atoms. The zero-order chi connectivity index (χ0) is 17.6. The second-order valence-corrected chi connectivity index (χ2v) is 6.22. The van der Waals surface area contributed by atoms with Gasteiger partial charge in [0.2, 0.25) is 0 Å². The van der Waals surface area contributed by atoms with E-state index in [0.717, 1.165) is 35.2 Å². The van der Waals surface area contributed by atoms with E-state index < -0.39 is 0 Å². The number of hydrogen-bond donors (Lipinski definition) is 0. The van der Waals surface area contributed by atoms with Gasteiger partial charge in [0.05, 0.1) is 12.5 Å². The number of fused-ring (bicyclic) bond motifs is 1. The zero-order valence-electron chi connectivity index (χ0n) is 14.7. The molecule has 0 radical (unpaired) electrons. The van der Waals surface area contributed by atoms with E-state index in [0.29, 0.717) is 17.6 Å². The Morgan fingerprint density at radius 2 is 2.04 bits per heavy atom. The van der Waals surface area contributed by atoms with E-state index in [1.807, 2.05) is 36.4 Å². The van der Waals surface area contributed by atoms with Gasteiger partial charge in [-0.05, 0) is 48.7 Å². The van der Waals surface area contributed by atoms with Crippen LogP contribution < -0.4 is 10.4 Å². The average Bonchev–Trinajstić information content (AvgIpc) is 2.63. The fourth-order valence-electron chi connectivity index (χ4n) is 2.99. The third kappa shape index (κ3) is 4.08. The predicted molar refractivity (Wildman–Crippen MR) is 99.3 cm³/mol. The van der Waals surface area contributed by atoms with E-state index in [-0.39, 0.29) is 5.63 Å². The lowest BCUT2D eigenvalue weighted by Crippen LogP contribution is -2.09.